The molecule has 15 heteroatoms. The summed E-state index contributed by atoms with van der Waals surface area (Å²) in [6.45, 7) is 10.9. The van der Waals surface area contributed by atoms with E-state index in [0.29, 0.717) is 68.2 Å². The topological polar surface area (TPSA) is 177 Å². The fourth-order valence-corrected chi connectivity index (χ4v) is 11.5. The minimum absolute atomic E-state index is 0.0784. The molecule has 4 aromatic carbocycles. The van der Waals surface area contributed by atoms with Crippen molar-refractivity contribution in [1.29, 1.82) is 5.26 Å². The van der Waals surface area contributed by atoms with Crippen LogP contribution in [0.2, 0.25) is 0 Å². The summed E-state index contributed by atoms with van der Waals surface area (Å²) in [6.07, 6.45) is 5.12. The van der Waals surface area contributed by atoms with Gasteiger partial charge in [0, 0.05) is 93.6 Å². The Morgan fingerprint density at radius 3 is 2.31 bits per heavy atom. The van der Waals surface area contributed by atoms with Crippen LogP contribution < -0.4 is 31.9 Å². The van der Waals surface area contributed by atoms with Gasteiger partial charge in [-0.15, -0.1) is 0 Å². The van der Waals surface area contributed by atoms with Crippen LogP contribution in [0.5, 0.6) is 0 Å². The summed E-state index contributed by atoms with van der Waals surface area (Å²) < 4.78 is 3.05. The van der Waals surface area contributed by atoms with Gasteiger partial charge in [0.15, 0.2) is 0 Å². The van der Waals surface area contributed by atoms with Gasteiger partial charge in [-0.05, 0) is 130 Å². The highest BCUT2D eigenvalue weighted by atomic mass is 16.2. The second-order valence-electron chi connectivity index (χ2n) is 20.6. The van der Waals surface area contributed by atoms with E-state index >= 15 is 0 Å². The van der Waals surface area contributed by atoms with Crippen LogP contribution in [-0.4, -0.2) is 108 Å². The van der Waals surface area contributed by atoms with Gasteiger partial charge in [0.2, 0.25) is 17.7 Å². The van der Waals surface area contributed by atoms with Crippen LogP contribution in [0.1, 0.15) is 97.4 Å². The van der Waals surface area contributed by atoms with Gasteiger partial charge in [-0.1, -0.05) is 48.2 Å². The number of nitriles is 1. The van der Waals surface area contributed by atoms with Gasteiger partial charge in [0.05, 0.1) is 34.6 Å². The molecule has 5 saturated heterocycles. The number of carbonyl (C=O) groups is 4. The van der Waals surface area contributed by atoms with Crippen LogP contribution in [0.15, 0.2) is 77.6 Å². The van der Waals surface area contributed by atoms with Crippen LogP contribution in [0.4, 0.5) is 11.4 Å². The second-order valence-corrected chi connectivity index (χ2v) is 20.6. The summed E-state index contributed by atoms with van der Waals surface area (Å²) in [4.78, 5) is 71.9. The lowest BCUT2D eigenvalue weighted by atomic mass is 9.78. The molecule has 5 aliphatic heterocycles. The number of imidazole rings is 1. The number of benzene rings is 4. The number of piperidine rings is 4. The molecular weight excluding hydrogens is 893 g/mol. The highest BCUT2D eigenvalue weighted by molar-refractivity contribution is 6.00. The molecule has 1 unspecified atom stereocenters. The first-order valence-electron chi connectivity index (χ1n) is 25.5. The van der Waals surface area contributed by atoms with Gasteiger partial charge in [-0.2, -0.15) is 5.26 Å². The SMILES string of the molecule is Cc1ccc(NC2CNC2)cc1C(=O)N[C@H](C)c1ccc(C#CC2CCN(CC3(C#N)CCN(C(=O)C4CCN(c5ccc6c(c5)n(C)c(=O)n6C5CCC(=O)NC5=O)CC4)CC3)CC2)c2ccccc12. The number of hydrogen-bond acceptors (Lipinski definition) is 10. The number of hydrogen-bond donors (Lipinski definition) is 4. The van der Waals surface area contributed by atoms with Crippen molar-refractivity contribution in [2.45, 2.75) is 83.3 Å². The van der Waals surface area contributed by atoms with Crippen LogP contribution in [0.3, 0.4) is 0 Å². The predicted molar refractivity (Wildman–Crippen MR) is 275 cm³/mol. The first kappa shape index (κ1) is 47.7. The highest BCUT2D eigenvalue weighted by Gasteiger charge is 2.40. The summed E-state index contributed by atoms with van der Waals surface area (Å²) in [7, 11) is 1.70. The Morgan fingerprint density at radius 2 is 1.61 bits per heavy atom. The summed E-state index contributed by atoms with van der Waals surface area (Å²) in [5.74, 6) is 6.62. The molecule has 0 bridgehead atoms. The number of aromatic nitrogens is 2. The van der Waals surface area contributed by atoms with Crippen molar-refractivity contribution >= 4 is 56.8 Å². The van der Waals surface area contributed by atoms with Crippen molar-refractivity contribution in [2.75, 3.05) is 69.1 Å². The lowest BCUT2D eigenvalue weighted by Gasteiger charge is -2.43. The zero-order chi connectivity index (χ0) is 49.4. The van der Waals surface area contributed by atoms with E-state index in [1.54, 1.807) is 11.6 Å². The summed E-state index contributed by atoms with van der Waals surface area (Å²) in [6, 6.07) is 26.4. The smallest absolute Gasteiger partial charge is 0.329 e. The number of fused-ring (bicyclic) bond motifs is 2. The molecule has 71 heavy (non-hydrogen) atoms. The first-order chi connectivity index (χ1) is 34.4. The number of nitrogens with zero attached hydrogens (tertiary/aromatic N) is 6. The maximum absolute atomic E-state index is 13.9. The van der Waals surface area contributed by atoms with E-state index < -0.39 is 17.4 Å². The lowest BCUT2D eigenvalue weighted by Crippen LogP contribution is -2.51. The number of amides is 4. The maximum atomic E-state index is 13.9. The van der Waals surface area contributed by atoms with E-state index in [2.05, 4.69) is 73.2 Å². The standard InChI is InChI=1S/C56H64N10O5/c1-36-8-12-41(60-42-32-58-33-42)30-47(36)52(68)59-37(2)44-14-11-39(45-6-4-5-7-46(44)45)10-9-38-18-24-63(25-19-38)35-56(34-57)22-28-65(29-23-56)54(70)40-20-26-64(27-21-40)43-13-15-48-50(31-43)62(3)55(71)66(48)49-16-17-51(67)61-53(49)69/h4-8,11-15,30-31,37-38,40,42,49,58,60H,16-29,32-33,35H2,1-3H3,(H,59,68)(H,61,67,69)/t37-,49?/m1/s1. The third kappa shape index (κ3) is 9.78. The average molecular weight is 957 g/mol. The van der Waals surface area contributed by atoms with E-state index in [9.17, 15) is 29.2 Å². The van der Waals surface area contributed by atoms with Gasteiger partial charge in [-0.3, -0.25) is 33.6 Å². The molecule has 0 saturated carbocycles. The molecule has 5 fully saturated rings. The quantitative estimate of drug-likeness (QED) is 0.0994. The third-order valence-electron chi connectivity index (χ3n) is 16.0. The van der Waals surface area contributed by atoms with E-state index in [-0.39, 0.29) is 54.1 Å². The molecule has 10 rings (SSSR count). The Hall–Kier alpha value is -6.94. The molecule has 5 aliphatic rings. The van der Waals surface area contributed by atoms with Gasteiger partial charge in [0.1, 0.15) is 6.04 Å². The summed E-state index contributed by atoms with van der Waals surface area (Å²) in [5, 5.41) is 25.1. The zero-order valence-corrected chi connectivity index (χ0v) is 41.1. The molecule has 4 amide bonds. The Bertz CT molecular complexity index is 3060. The Morgan fingerprint density at radius 1 is 0.859 bits per heavy atom. The van der Waals surface area contributed by atoms with Crippen LogP contribution in [-0.2, 0) is 21.4 Å². The van der Waals surface area contributed by atoms with Crippen molar-refractivity contribution in [1.82, 2.24) is 34.9 Å². The average Bonchev–Trinajstić information content (AvgIpc) is 3.62. The van der Waals surface area contributed by atoms with Crippen LogP contribution >= 0.6 is 0 Å². The molecule has 2 atom stereocenters. The number of aryl methyl sites for hydroxylation is 2. The maximum Gasteiger partial charge on any atom is 0.329 e. The highest BCUT2D eigenvalue weighted by Crippen LogP contribution is 2.36. The lowest BCUT2D eigenvalue weighted by molar-refractivity contribution is -0.138. The normalized spacial score (nSPS) is 20.7. The largest absolute Gasteiger partial charge is 0.380 e. The number of carbonyl (C=O) groups excluding carboxylic acids is 4. The molecule has 6 heterocycles. The van der Waals surface area contributed by atoms with Gasteiger partial charge in [0.25, 0.3) is 5.91 Å². The van der Waals surface area contributed by atoms with E-state index in [0.717, 1.165) is 90.7 Å². The minimum Gasteiger partial charge on any atom is -0.380 e. The van der Waals surface area contributed by atoms with Crippen molar-refractivity contribution in [3.05, 3.63) is 106 Å². The number of likely N-dealkylation sites (tertiary alicyclic amines) is 2. The third-order valence-corrected chi connectivity index (χ3v) is 16.0. The van der Waals surface area contributed by atoms with Crippen LogP contribution in [0, 0.1) is 47.3 Å². The summed E-state index contributed by atoms with van der Waals surface area (Å²) >= 11 is 0. The number of rotatable bonds is 10. The van der Waals surface area contributed by atoms with Crippen LogP contribution in [0.25, 0.3) is 21.8 Å². The van der Waals surface area contributed by atoms with Crippen molar-refractivity contribution in [3.63, 3.8) is 0 Å². The Labute approximate surface area is 414 Å². The Balaban J connectivity index is 0.699. The minimum atomic E-state index is -0.732. The summed E-state index contributed by atoms with van der Waals surface area (Å²) in [5.41, 5.74) is 6.14. The second kappa shape index (κ2) is 20.1. The number of nitrogens with one attached hydrogen (secondary N) is 4. The molecule has 0 spiro atoms. The fourth-order valence-electron chi connectivity index (χ4n) is 11.5. The Kier molecular flexibility index (Phi) is 13.5. The predicted octanol–water partition coefficient (Wildman–Crippen LogP) is 5.77. The molecule has 0 radical (unpaired) electrons. The fraction of sp³-hybridized carbons (Fsp3) is 0.464. The van der Waals surface area contributed by atoms with E-state index in [1.807, 2.05) is 67.3 Å². The first-order valence-corrected chi connectivity index (χ1v) is 25.5. The molecule has 0 aliphatic carbocycles. The molecule has 368 valence electrons. The monoisotopic (exact) mass is 957 g/mol. The molecular formula is C56H64N10O5. The molecule has 15 nitrogen and oxygen atoms in total. The molecule has 4 N–H and O–H groups in total. The number of imide groups is 1. The van der Waals surface area contributed by atoms with E-state index in [4.69, 9.17) is 0 Å². The van der Waals surface area contributed by atoms with Crippen molar-refractivity contribution < 1.29 is 19.2 Å². The number of anilines is 2. The van der Waals surface area contributed by atoms with Crippen molar-refractivity contribution in [2.24, 2.45) is 24.3 Å². The van der Waals surface area contributed by atoms with Gasteiger partial charge in [-0.25, -0.2) is 4.79 Å². The van der Waals surface area contributed by atoms with Crippen molar-refractivity contribution in [3.8, 4) is 17.9 Å². The van der Waals surface area contributed by atoms with E-state index in [1.165, 1.54) is 4.57 Å². The van der Waals surface area contributed by atoms with Gasteiger partial charge >= 0.3 is 5.69 Å². The zero-order valence-electron chi connectivity index (χ0n) is 41.1. The van der Waals surface area contributed by atoms with Gasteiger partial charge < -0.3 is 30.7 Å². The molecule has 5 aromatic rings. The molecule has 1 aromatic heterocycles.